The van der Waals surface area contributed by atoms with Gasteiger partial charge in [0.05, 0.1) is 24.2 Å². The van der Waals surface area contributed by atoms with Crippen molar-refractivity contribution in [2.24, 2.45) is 13.0 Å². The molecule has 3 atom stereocenters. The van der Waals surface area contributed by atoms with Crippen LogP contribution in [-0.4, -0.2) is 60.5 Å². The summed E-state index contributed by atoms with van der Waals surface area (Å²) >= 11 is 0. The van der Waals surface area contributed by atoms with Crippen molar-refractivity contribution in [2.45, 2.75) is 59.0 Å². The topological polar surface area (TPSA) is 140 Å². The van der Waals surface area contributed by atoms with Crippen LogP contribution < -0.4 is 5.56 Å². The fourth-order valence-electron chi connectivity index (χ4n) is 6.68. The third kappa shape index (κ3) is 7.63. The Bertz CT molecular complexity index is 2180. The summed E-state index contributed by atoms with van der Waals surface area (Å²) in [5.41, 5.74) is 4.08. The van der Waals surface area contributed by atoms with Crippen LogP contribution in [0.5, 0.6) is 0 Å². The molecule has 0 aliphatic carbocycles. The second-order valence-corrected chi connectivity index (χ2v) is 13.2. The molecule has 0 fully saturated rings. The van der Waals surface area contributed by atoms with Crippen molar-refractivity contribution in [1.29, 1.82) is 0 Å². The number of fused-ring (bicyclic) bond motifs is 1. The van der Waals surface area contributed by atoms with Crippen molar-refractivity contribution in [3.05, 3.63) is 141 Å². The average molecular weight is 715 g/mol. The lowest BCUT2D eigenvalue weighted by molar-refractivity contribution is -0.166. The van der Waals surface area contributed by atoms with Gasteiger partial charge in [0.25, 0.3) is 5.56 Å². The largest absolute Gasteiger partial charge is 0.460 e. The van der Waals surface area contributed by atoms with Gasteiger partial charge in [0.1, 0.15) is 17.8 Å². The maximum atomic E-state index is 14.3. The summed E-state index contributed by atoms with van der Waals surface area (Å²) in [6.45, 7) is 8.19. The van der Waals surface area contributed by atoms with Gasteiger partial charge in [0, 0.05) is 26.8 Å². The van der Waals surface area contributed by atoms with E-state index in [4.69, 9.17) is 14.2 Å². The number of aryl methyl sites for hydroxylation is 3. The van der Waals surface area contributed by atoms with Gasteiger partial charge >= 0.3 is 11.9 Å². The predicted octanol–water partition coefficient (Wildman–Crippen LogP) is 5.71. The van der Waals surface area contributed by atoms with Crippen LogP contribution in [-0.2, 0) is 43.0 Å². The van der Waals surface area contributed by atoms with Gasteiger partial charge < -0.3 is 18.8 Å². The number of aromatic nitrogens is 6. The molecule has 0 N–H and O–H groups in total. The zero-order valence-electron chi connectivity index (χ0n) is 30.6. The molecule has 0 saturated heterocycles. The molecular weight excluding hydrogens is 672 g/mol. The number of hydrogen-bond acceptors (Lipinski definition) is 10. The Morgan fingerprint density at radius 2 is 1.28 bits per heavy atom. The van der Waals surface area contributed by atoms with E-state index in [0.29, 0.717) is 11.0 Å². The molecule has 12 heteroatoms. The number of rotatable bonds is 13. The molecule has 12 nitrogen and oxygen atoms in total. The molecule has 2 aromatic heterocycles. The molecule has 0 saturated carbocycles. The standard InChI is InChI=1S/C41H42N6O6/c1-26-22-34-35(23-27(26)2)47(40(50)38(42-34)39-43-44-45-46(39)6)24-36(52-29(4)48)28(3)37(53-30(5)49)25-51-41(31-16-10-7-11-17-31,32-18-12-8-13-19-32)33-20-14-9-15-21-33/h7-23,28,36-37H,24-25H2,1-6H3/t28-,36-,37+/m0/s1. The third-order valence-electron chi connectivity index (χ3n) is 9.57. The number of ether oxygens (including phenoxy) is 3. The number of carbonyl (C=O) groups excluding carboxylic acids is 2. The van der Waals surface area contributed by atoms with Crippen LogP contribution in [0.4, 0.5) is 0 Å². The molecular formula is C41H42N6O6. The van der Waals surface area contributed by atoms with E-state index >= 15 is 0 Å². The van der Waals surface area contributed by atoms with Crippen LogP contribution in [0.3, 0.4) is 0 Å². The van der Waals surface area contributed by atoms with Crippen LogP contribution in [0.15, 0.2) is 108 Å². The highest BCUT2D eigenvalue weighted by atomic mass is 16.6. The quantitative estimate of drug-likeness (QED) is 0.108. The van der Waals surface area contributed by atoms with Crippen molar-refractivity contribution in [1.82, 2.24) is 29.8 Å². The first-order chi connectivity index (χ1) is 25.5. The highest BCUT2D eigenvalue weighted by Crippen LogP contribution is 2.41. The Morgan fingerprint density at radius 1 is 0.774 bits per heavy atom. The fraction of sp³-hybridized carbons (Fsp3) is 0.293. The lowest BCUT2D eigenvalue weighted by atomic mass is 9.80. The van der Waals surface area contributed by atoms with E-state index in [1.807, 2.05) is 124 Å². The minimum absolute atomic E-state index is 0.0423. The molecule has 6 rings (SSSR count). The monoisotopic (exact) mass is 714 g/mol. The van der Waals surface area contributed by atoms with Crippen LogP contribution in [0, 0.1) is 19.8 Å². The van der Waals surface area contributed by atoms with Crippen LogP contribution in [0.2, 0.25) is 0 Å². The number of carbonyl (C=O) groups is 2. The number of benzene rings is 4. The van der Waals surface area contributed by atoms with Gasteiger partial charge in [-0.2, -0.15) is 0 Å². The zero-order chi connectivity index (χ0) is 37.7. The van der Waals surface area contributed by atoms with Gasteiger partial charge in [-0.15, -0.1) is 5.10 Å². The lowest BCUT2D eigenvalue weighted by Gasteiger charge is -2.38. The first kappa shape index (κ1) is 36.8. The molecule has 0 radical (unpaired) electrons. The molecule has 0 bridgehead atoms. The van der Waals surface area contributed by atoms with Crippen molar-refractivity contribution < 1.29 is 23.8 Å². The molecule has 6 aromatic rings. The number of tetrazole rings is 1. The van der Waals surface area contributed by atoms with E-state index in [1.165, 1.54) is 23.1 Å². The van der Waals surface area contributed by atoms with E-state index in [2.05, 4.69) is 20.5 Å². The average Bonchev–Trinajstić information content (AvgIpc) is 3.58. The van der Waals surface area contributed by atoms with E-state index in [9.17, 15) is 14.4 Å². The summed E-state index contributed by atoms with van der Waals surface area (Å²) in [7, 11) is 1.62. The van der Waals surface area contributed by atoms with Crippen LogP contribution >= 0.6 is 0 Å². The van der Waals surface area contributed by atoms with E-state index in [-0.39, 0.29) is 24.7 Å². The first-order valence-corrected chi connectivity index (χ1v) is 17.4. The van der Waals surface area contributed by atoms with Gasteiger partial charge in [-0.1, -0.05) is 97.9 Å². The first-order valence-electron chi connectivity index (χ1n) is 17.4. The van der Waals surface area contributed by atoms with Crippen LogP contribution in [0.25, 0.3) is 22.6 Å². The van der Waals surface area contributed by atoms with Crippen molar-refractivity contribution in [2.75, 3.05) is 6.61 Å². The van der Waals surface area contributed by atoms with Gasteiger partial charge in [-0.3, -0.25) is 14.4 Å². The maximum Gasteiger partial charge on any atom is 0.302 e. The fourth-order valence-corrected chi connectivity index (χ4v) is 6.68. The summed E-state index contributed by atoms with van der Waals surface area (Å²) in [4.78, 5) is 44.4. The van der Waals surface area contributed by atoms with E-state index < -0.39 is 41.2 Å². The molecule has 272 valence electrons. The molecule has 2 heterocycles. The summed E-state index contributed by atoms with van der Waals surface area (Å²) in [6.07, 6.45) is -1.86. The smallest absolute Gasteiger partial charge is 0.302 e. The Hall–Kier alpha value is -6.01. The number of esters is 2. The normalized spacial score (nSPS) is 13.3. The predicted molar refractivity (Wildman–Crippen MR) is 199 cm³/mol. The SMILES string of the molecule is CC(=O)O[C@@H](Cn1c(=O)c(-c2nnnn2C)nc2cc(C)c(C)cc21)[C@H](C)[C@@H](COC(c1ccccc1)(c1ccccc1)c1ccccc1)OC(C)=O. The molecule has 0 amide bonds. The van der Waals surface area contributed by atoms with Crippen molar-refractivity contribution in [3.63, 3.8) is 0 Å². The van der Waals surface area contributed by atoms with E-state index in [0.717, 1.165) is 27.8 Å². The Balaban J connectivity index is 1.45. The minimum atomic E-state index is -1.11. The molecule has 0 spiro atoms. The molecule has 0 aliphatic rings. The third-order valence-corrected chi connectivity index (χ3v) is 9.57. The Kier molecular flexibility index (Phi) is 10.9. The van der Waals surface area contributed by atoms with Gasteiger partial charge in [0.2, 0.25) is 5.82 Å². The molecule has 4 aromatic carbocycles. The van der Waals surface area contributed by atoms with Gasteiger partial charge in [0.15, 0.2) is 5.69 Å². The van der Waals surface area contributed by atoms with Gasteiger partial charge in [-0.05, 0) is 64.2 Å². The highest BCUT2D eigenvalue weighted by molar-refractivity contribution is 5.79. The molecule has 53 heavy (non-hydrogen) atoms. The Labute approximate surface area is 307 Å². The highest BCUT2D eigenvalue weighted by Gasteiger charge is 2.40. The Morgan fingerprint density at radius 3 is 1.77 bits per heavy atom. The van der Waals surface area contributed by atoms with E-state index in [1.54, 1.807) is 7.05 Å². The van der Waals surface area contributed by atoms with Crippen LogP contribution in [0.1, 0.15) is 48.6 Å². The summed E-state index contributed by atoms with van der Waals surface area (Å²) in [6, 6.07) is 33.3. The summed E-state index contributed by atoms with van der Waals surface area (Å²) in [5, 5.41) is 11.7. The maximum absolute atomic E-state index is 14.3. The number of nitrogens with zero attached hydrogens (tertiary/aromatic N) is 6. The summed E-state index contributed by atoms with van der Waals surface area (Å²) in [5.74, 6) is -1.57. The lowest BCUT2D eigenvalue weighted by Crippen LogP contribution is -2.44. The second kappa shape index (κ2) is 15.7. The minimum Gasteiger partial charge on any atom is -0.460 e. The molecule has 0 aliphatic heterocycles. The summed E-state index contributed by atoms with van der Waals surface area (Å²) < 4.78 is 21.9. The van der Waals surface area contributed by atoms with Crippen molar-refractivity contribution >= 4 is 23.0 Å². The van der Waals surface area contributed by atoms with Crippen molar-refractivity contribution in [3.8, 4) is 11.5 Å². The van der Waals surface area contributed by atoms with Gasteiger partial charge in [-0.25, -0.2) is 9.67 Å². The zero-order valence-corrected chi connectivity index (χ0v) is 30.6. The number of hydrogen-bond donors (Lipinski definition) is 0. The molecule has 0 unspecified atom stereocenters. The second-order valence-electron chi connectivity index (χ2n) is 13.2.